The standard InChI is InChI=1S/C18H36N4O.HI/c1-15-7-6-9-18(11-15,21(3)4)14-20-17(19-2)22-10-8-16(12-22)13-23-5;/h15-16H,6-14H2,1-5H3,(H,19,20);1H. The Morgan fingerprint density at radius 3 is 2.71 bits per heavy atom. The molecule has 1 saturated heterocycles. The van der Waals surface area contributed by atoms with E-state index in [9.17, 15) is 0 Å². The molecule has 0 aromatic heterocycles. The molecule has 2 rings (SSSR count). The Labute approximate surface area is 165 Å². The highest BCUT2D eigenvalue weighted by molar-refractivity contribution is 14.0. The van der Waals surface area contributed by atoms with Crippen LogP contribution in [0, 0.1) is 11.8 Å². The lowest BCUT2D eigenvalue weighted by Gasteiger charge is -2.45. The van der Waals surface area contributed by atoms with Crippen molar-refractivity contribution in [1.82, 2.24) is 15.1 Å². The van der Waals surface area contributed by atoms with Gasteiger partial charge in [-0.3, -0.25) is 4.99 Å². The SMILES string of the molecule is CN=C(NCC1(N(C)C)CCCC(C)C1)N1CCC(COC)C1.I. The number of halogens is 1. The van der Waals surface area contributed by atoms with Gasteiger partial charge >= 0.3 is 0 Å². The molecular formula is C18H37IN4O. The zero-order chi connectivity index (χ0) is 16.9. The van der Waals surface area contributed by atoms with Gasteiger partial charge in [0.15, 0.2) is 5.96 Å². The predicted molar refractivity (Wildman–Crippen MR) is 112 cm³/mol. The van der Waals surface area contributed by atoms with Crippen molar-refractivity contribution in [2.45, 2.75) is 44.6 Å². The minimum atomic E-state index is 0. The van der Waals surface area contributed by atoms with E-state index in [0.29, 0.717) is 5.92 Å². The van der Waals surface area contributed by atoms with Crippen molar-refractivity contribution in [1.29, 1.82) is 0 Å². The summed E-state index contributed by atoms with van der Waals surface area (Å²) in [5.41, 5.74) is 0.263. The molecular weight excluding hydrogens is 415 g/mol. The Morgan fingerprint density at radius 2 is 2.12 bits per heavy atom. The predicted octanol–water partition coefficient (Wildman–Crippen LogP) is 2.66. The van der Waals surface area contributed by atoms with E-state index in [4.69, 9.17) is 4.74 Å². The third-order valence-electron chi connectivity index (χ3n) is 5.79. The van der Waals surface area contributed by atoms with Crippen molar-refractivity contribution in [2.24, 2.45) is 16.8 Å². The zero-order valence-corrected chi connectivity index (χ0v) is 18.5. The van der Waals surface area contributed by atoms with E-state index in [-0.39, 0.29) is 29.5 Å². The van der Waals surface area contributed by atoms with Gasteiger partial charge in [-0.25, -0.2) is 0 Å². The average Bonchev–Trinajstić information content (AvgIpc) is 2.97. The monoisotopic (exact) mass is 452 g/mol. The summed E-state index contributed by atoms with van der Waals surface area (Å²) in [5, 5.41) is 3.68. The maximum Gasteiger partial charge on any atom is 0.193 e. The first-order valence-corrected chi connectivity index (χ1v) is 9.12. The Hall–Kier alpha value is -0.0800. The van der Waals surface area contributed by atoms with Crippen molar-refractivity contribution in [3.05, 3.63) is 0 Å². The molecule has 6 heteroatoms. The van der Waals surface area contributed by atoms with E-state index in [0.717, 1.165) is 38.1 Å². The number of guanidine groups is 1. The van der Waals surface area contributed by atoms with Gasteiger partial charge in [-0.05, 0) is 39.3 Å². The fourth-order valence-corrected chi connectivity index (χ4v) is 4.33. The van der Waals surface area contributed by atoms with Crippen molar-refractivity contribution in [2.75, 3.05) is 54.5 Å². The molecule has 0 bridgehead atoms. The molecule has 0 spiro atoms. The number of rotatable bonds is 5. The average molecular weight is 452 g/mol. The molecule has 1 aliphatic carbocycles. The Morgan fingerprint density at radius 1 is 1.38 bits per heavy atom. The molecule has 24 heavy (non-hydrogen) atoms. The van der Waals surface area contributed by atoms with Crippen LogP contribution in [0.3, 0.4) is 0 Å². The van der Waals surface area contributed by atoms with E-state index in [2.05, 4.69) is 41.1 Å². The van der Waals surface area contributed by atoms with E-state index >= 15 is 0 Å². The topological polar surface area (TPSA) is 40.1 Å². The molecule has 2 fully saturated rings. The normalized spacial score (nSPS) is 31.2. The number of hydrogen-bond acceptors (Lipinski definition) is 3. The third kappa shape index (κ3) is 5.46. The first kappa shape index (κ1) is 22.0. The summed E-state index contributed by atoms with van der Waals surface area (Å²) in [7, 11) is 8.15. The van der Waals surface area contributed by atoms with Crippen LogP contribution >= 0.6 is 24.0 Å². The highest BCUT2D eigenvalue weighted by atomic mass is 127. The molecule has 0 aromatic rings. The van der Waals surface area contributed by atoms with Crippen LogP contribution in [0.4, 0.5) is 0 Å². The Balaban J connectivity index is 0.00000288. The van der Waals surface area contributed by atoms with Gasteiger partial charge in [0.1, 0.15) is 0 Å². The molecule has 142 valence electrons. The molecule has 2 aliphatic rings. The molecule has 3 unspecified atom stereocenters. The van der Waals surface area contributed by atoms with Gasteiger partial charge in [-0.1, -0.05) is 19.8 Å². The highest BCUT2D eigenvalue weighted by Crippen LogP contribution is 2.35. The van der Waals surface area contributed by atoms with Crippen molar-refractivity contribution < 1.29 is 4.74 Å². The number of likely N-dealkylation sites (N-methyl/N-ethyl adjacent to an activating group) is 1. The number of nitrogens with zero attached hydrogens (tertiary/aromatic N) is 3. The maximum atomic E-state index is 5.31. The van der Waals surface area contributed by atoms with Crippen LogP contribution in [0.15, 0.2) is 4.99 Å². The lowest BCUT2D eigenvalue weighted by atomic mass is 9.75. The summed E-state index contributed by atoms with van der Waals surface area (Å²) >= 11 is 0. The molecule has 1 aliphatic heterocycles. The lowest BCUT2D eigenvalue weighted by Crippen LogP contribution is -2.56. The lowest BCUT2D eigenvalue weighted by molar-refractivity contribution is 0.0789. The Bertz CT molecular complexity index is 404. The number of hydrogen-bond donors (Lipinski definition) is 1. The van der Waals surface area contributed by atoms with Crippen LogP contribution in [0.1, 0.15) is 39.0 Å². The first-order chi connectivity index (χ1) is 11.0. The number of methoxy groups -OCH3 is 1. The zero-order valence-electron chi connectivity index (χ0n) is 16.2. The van der Waals surface area contributed by atoms with Gasteiger partial charge in [-0.15, -0.1) is 24.0 Å². The van der Waals surface area contributed by atoms with Crippen LogP contribution in [0.2, 0.25) is 0 Å². The van der Waals surface area contributed by atoms with E-state index in [1.54, 1.807) is 7.11 Å². The maximum absolute atomic E-state index is 5.31. The van der Waals surface area contributed by atoms with Crippen LogP contribution in [0.5, 0.6) is 0 Å². The Kier molecular flexibility index (Phi) is 9.30. The van der Waals surface area contributed by atoms with E-state index in [1.807, 2.05) is 7.05 Å². The largest absolute Gasteiger partial charge is 0.384 e. The number of ether oxygens (including phenoxy) is 1. The minimum absolute atomic E-state index is 0. The highest BCUT2D eigenvalue weighted by Gasteiger charge is 2.37. The van der Waals surface area contributed by atoms with Gasteiger partial charge in [0.05, 0.1) is 6.61 Å². The van der Waals surface area contributed by atoms with Crippen molar-refractivity contribution >= 4 is 29.9 Å². The molecule has 5 nitrogen and oxygen atoms in total. The second-order valence-corrected chi connectivity index (χ2v) is 7.78. The van der Waals surface area contributed by atoms with Gasteiger partial charge in [0.25, 0.3) is 0 Å². The van der Waals surface area contributed by atoms with E-state index < -0.39 is 0 Å². The summed E-state index contributed by atoms with van der Waals surface area (Å²) in [6.45, 7) is 6.37. The quantitative estimate of drug-likeness (QED) is 0.396. The van der Waals surface area contributed by atoms with Gasteiger partial charge in [0, 0.05) is 45.2 Å². The summed E-state index contributed by atoms with van der Waals surface area (Å²) in [6.07, 6.45) is 6.45. The first-order valence-electron chi connectivity index (χ1n) is 9.12. The molecule has 1 heterocycles. The smallest absolute Gasteiger partial charge is 0.193 e. The second-order valence-electron chi connectivity index (χ2n) is 7.78. The number of nitrogens with one attached hydrogen (secondary N) is 1. The molecule has 0 radical (unpaired) electrons. The summed E-state index contributed by atoms with van der Waals surface area (Å²) in [5.74, 6) is 2.51. The van der Waals surface area contributed by atoms with Gasteiger partial charge in [-0.2, -0.15) is 0 Å². The molecule has 0 amide bonds. The number of likely N-dealkylation sites (tertiary alicyclic amines) is 1. The van der Waals surface area contributed by atoms with Crippen molar-refractivity contribution in [3.63, 3.8) is 0 Å². The summed E-state index contributed by atoms with van der Waals surface area (Å²) < 4.78 is 5.31. The number of aliphatic imine (C=N–C) groups is 1. The fraction of sp³-hybridized carbons (Fsp3) is 0.944. The van der Waals surface area contributed by atoms with Crippen LogP contribution < -0.4 is 5.32 Å². The van der Waals surface area contributed by atoms with Crippen LogP contribution in [0.25, 0.3) is 0 Å². The molecule has 1 N–H and O–H groups in total. The van der Waals surface area contributed by atoms with Gasteiger partial charge < -0.3 is 19.9 Å². The summed E-state index contributed by atoms with van der Waals surface area (Å²) in [4.78, 5) is 9.35. The van der Waals surface area contributed by atoms with Crippen LogP contribution in [-0.4, -0.2) is 75.8 Å². The summed E-state index contributed by atoms with van der Waals surface area (Å²) in [6, 6.07) is 0. The molecule has 0 aromatic carbocycles. The minimum Gasteiger partial charge on any atom is -0.384 e. The second kappa shape index (κ2) is 10.2. The molecule has 1 saturated carbocycles. The fourth-order valence-electron chi connectivity index (χ4n) is 4.33. The molecule has 3 atom stereocenters. The van der Waals surface area contributed by atoms with Gasteiger partial charge in [0.2, 0.25) is 0 Å². The third-order valence-corrected chi connectivity index (χ3v) is 5.79. The van der Waals surface area contributed by atoms with Crippen molar-refractivity contribution in [3.8, 4) is 0 Å². The van der Waals surface area contributed by atoms with E-state index in [1.165, 1.54) is 32.1 Å². The van der Waals surface area contributed by atoms with Crippen LogP contribution in [-0.2, 0) is 4.74 Å².